The van der Waals surface area contributed by atoms with Crippen molar-refractivity contribution in [2.45, 2.75) is 24.7 Å². The first-order chi connectivity index (χ1) is 26.0. The molecule has 7 aromatic carbocycles. The van der Waals surface area contributed by atoms with Crippen molar-refractivity contribution in [2.75, 3.05) is 0 Å². The fourth-order valence-electron chi connectivity index (χ4n) is 9.38. The topological polar surface area (TPSA) is 51.8 Å². The molecular weight excluding hydrogens is 647 g/mol. The van der Waals surface area contributed by atoms with Gasteiger partial charge in [-0.2, -0.15) is 0 Å². The Hall–Kier alpha value is -6.65. The van der Waals surface area contributed by atoms with Crippen molar-refractivity contribution in [3.05, 3.63) is 197 Å². The van der Waals surface area contributed by atoms with Crippen molar-refractivity contribution >= 4 is 21.9 Å². The van der Waals surface area contributed by atoms with Crippen molar-refractivity contribution in [3.8, 4) is 45.3 Å². The van der Waals surface area contributed by atoms with Crippen LogP contribution in [-0.2, 0) is 10.8 Å². The summed E-state index contributed by atoms with van der Waals surface area (Å²) in [5.74, 6) is 1.89. The lowest BCUT2D eigenvalue weighted by molar-refractivity contribution is 0.564. The molecule has 0 fully saturated rings. The van der Waals surface area contributed by atoms with E-state index in [0.29, 0.717) is 17.5 Å². The lowest BCUT2D eigenvalue weighted by atomic mass is 9.55. The zero-order valence-electron chi connectivity index (χ0n) is 29.3. The zero-order valence-corrected chi connectivity index (χ0v) is 29.3. The monoisotopic (exact) mass is 679 g/mol. The van der Waals surface area contributed by atoms with E-state index < -0.39 is 5.41 Å². The van der Waals surface area contributed by atoms with Crippen LogP contribution in [0.2, 0.25) is 0 Å². The predicted octanol–water partition coefficient (Wildman–Crippen LogP) is 11.8. The van der Waals surface area contributed by atoms with Gasteiger partial charge in [-0.3, -0.25) is 0 Å². The van der Waals surface area contributed by atoms with Crippen molar-refractivity contribution < 1.29 is 4.42 Å². The Morgan fingerprint density at radius 1 is 0.396 bits per heavy atom. The van der Waals surface area contributed by atoms with Gasteiger partial charge in [0.25, 0.3) is 0 Å². The summed E-state index contributed by atoms with van der Waals surface area (Å²) in [6.07, 6.45) is 0. The van der Waals surface area contributed by atoms with Gasteiger partial charge in [-0.05, 0) is 62.7 Å². The van der Waals surface area contributed by atoms with E-state index >= 15 is 0 Å². The fourth-order valence-corrected chi connectivity index (χ4v) is 9.38. The number of para-hydroxylation sites is 1. The van der Waals surface area contributed by atoms with Crippen LogP contribution in [0.25, 0.3) is 67.2 Å². The third-order valence-corrected chi connectivity index (χ3v) is 11.6. The smallest absolute Gasteiger partial charge is 0.164 e. The third kappa shape index (κ3) is 4.09. The predicted molar refractivity (Wildman–Crippen MR) is 213 cm³/mol. The minimum atomic E-state index is -0.505. The highest BCUT2D eigenvalue weighted by Crippen LogP contribution is 2.63. The molecule has 0 unspecified atom stereocenters. The molecular formula is C49H33N3O. The molecule has 0 amide bonds. The maximum absolute atomic E-state index is 6.32. The number of fused-ring (bicyclic) bond motifs is 12. The van der Waals surface area contributed by atoms with Crippen LogP contribution in [0.15, 0.2) is 168 Å². The summed E-state index contributed by atoms with van der Waals surface area (Å²) in [6.45, 7) is 4.70. The minimum Gasteiger partial charge on any atom is -0.456 e. The second-order valence-corrected chi connectivity index (χ2v) is 14.7. The maximum Gasteiger partial charge on any atom is 0.164 e. The molecule has 11 rings (SSSR count). The van der Waals surface area contributed by atoms with Crippen molar-refractivity contribution in [1.82, 2.24) is 15.0 Å². The number of furan rings is 1. The van der Waals surface area contributed by atoms with Gasteiger partial charge in [0.2, 0.25) is 0 Å². The lowest BCUT2D eigenvalue weighted by Crippen LogP contribution is -2.41. The van der Waals surface area contributed by atoms with Gasteiger partial charge in [0.05, 0.1) is 5.41 Å². The summed E-state index contributed by atoms with van der Waals surface area (Å²) in [5.41, 5.74) is 13.9. The van der Waals surface area contributed by atoms with Gasteiger partial charge in [0.1, 0.15) is 11.2 Å². The summed E-state index contributed by atoms with van der Waals surface area (Å²) in [7, 11) is 0. The zero-order chi connectivity index (χ0) is 35.3. The molecule has 4 nitrogen and oxygen atoms in total. The SMILES string of the molecule is CC1(C)c2ccccc2C2(c3ccccc3-c3ccccc32)c2cccc(-c3nc(-c4ccccc4)nc(-c4ccc5c(c4)oc4ccccc45)n3)c21. The number of aromatic nitrogens is 3. The highest BCUT2D eigenvalue weighted by molar-refractivity contribution is 6.05. The molecule has 0 N–H and O–H groups in total. The van der Waals surface area contributed by atoms with E-state index in [-0.39, 0.29) is 5.41 Å². The van der Waals surface area contributed by atoms with E-state index in [4.69, 9.17) is 19.4 Å². The highest BCUT2D eigenvalue weighted by Gasteiger charge is 2.54. The number of benzene rings is 7. The van der Waals surface area contributed by atoms with Crippen molar-refractivity contribution in [2.24, 2.45) is 0 Å². The highest BCUT2D eigenvalue weighted by atomic mass is 16.3. The summed E-state index contributed by atoms with van der Waals surface area (Å²) < 4.78 is 6.32. The number of rotatable bonds is 3. The third-order valence-electron chi connectivity index (χ3n) is 11.6. The van der Waals surface area contributed by atoms with E-state index in [9.17, 15) is 0 Å². The van der Waals surface area contributed by atoms with Gasteiger partial charge in [-0.25, -0.2) is 15.0 Å². The van der Waals surface area contributed by atoms with E-state index in [1.165, 1.54) is 44.5 Å². The summed E-state index contributed by atoms with van der Waals surface area (Å²) >= 11 is 0. The van der Waals surface area contributed by atoms with Gasteiger partial charge >= 0.3 is 0 Å². The molecule has 0 bridgehead atoms. The Bertz CT molecular complexity index is 2890. The van der Waals surface area contributed by atoms with Gasteiger partial charge in [0.15, 0.2) is 17.5 Å². The van der Waals surface area contributed by atoms with Crippen LogP contribution in [0.3, 0.4) is 0 Å². The standard InChI is InChI=1S/C49H33N3O/c1-48(2)39-23-11-12-24-40(39)49(37-21-9-6-17-32(37)33-18-7-10-22-38(33)49)41-25-14-20-36(44(41)48)47-51-45(30-15-4-3-5-16-30)50-46(52-47)31-27-28-35-34-19-8-13-26-42(34)53-43(35)29-31/h3-29H,1-2H3. The molecule has 4 heteroatoms. The first-order valence-electron chi connectivity index (χ1n) is 18.2. The quantitative estimate of drug-likeness (QED) is 0.186. The molecule has 0 saturated heterocycles. The Morgan fingerprint density at radius 2 is 0.943 bits per heavy atom. The van der Waals surface area contributed by atoms with Gasteiger partial charge < -0.3 is 4.42 Å². The van der Waals surface area contributed by atoms with Crippen molar-refractivity contribution in [3.63, 3.8) is 0 Å². The van der Waals surface area contributed by atoms with Crippen LogP contribution >= 0.6 is 0 Å². The Kier molecular flexibility index (Phi) is 6.19. The van der Waals surface area contributed by atoms with Crippen LogP contribution in [-0.4, -0.2) is 15.0 Å². The van der Waals surface area contributed by atoms with E-state index in [1.54, 1.807) is 0 Å². The molecule has 9 aromatic rings. The largest absolute Gasteiger partial charge is 0.456 e. The number of hydrogen-bond donors (Lipinski definition) is 0. The van der Waals surface area contributed by atoms with Crippen molar-refractivity contribution in [1.29, 1.82) is 0 Å². The second-order valence-electron chi connectivity index (χ2n) is 14.7. The first-order valence-corrected chi connectivity index (χ1v) is 18.2. The molecule has 0 radical (unpaired) electrons. The molecule has 2 aliphatic rings. The summed E-state index contributed by atoms with van der Waals surface area (Å²) in [4.78, 5) is 15.7. The minimum absolute atomic E-state index is 0.368. The summed E-state index contributed by atoms with van der Waals surface area (Å²) in [6, 6.07) is 58.3. The van der Waals surface area contributed by atoms with Crippen LogP contribution in [0.1, 0.15) is 47.2 Å². The maximum atomic E-state index is 6.32. The van der Waals surface area contributed by atoms with E-state index in [2.05, 4.69) is 141 Å². The molecule has 53 heavy (non-hydrogen) atoms. The number of hydrogen-bond acceptors (Lipinski definition) is 4. The second kappa shape index (κ2) is 10.9. The Balaban J connectivity index is 1.21. The average molecular weight is 680 g/mol. The lowest BCUT2D eigenvalue weighted by Gasteiger charge is -2.47. The molecule has 0 atom stereocenters. The van der Waals surface area contributed by atoms with Gasteiger partial charge in [0, 0.05) is 32.9 Å². The molecule has 2 heterocycles. The molecule has 0 aliphatic heterocycles. The van der Waals surface area contributed by atoms with Crippen LogP contribution in [0.5, 0.6) is 0 Å². The summed E-state index contributed by atoms with van der Waals surface area (Å²) in [5, 5.41) is 2.17. The van der Waals surface area contributed by atoms with Crippen LogP contribution in [0, 0.1) is 0 Å². The molecule has 2 aliphatic carbocycles. The molecule has 0 saturated carbocycles. The molecule has 1 spiro atoms. The Labute approximate surface area is 307 Å². The Morgan fingerprint density at radius 3 is 1.70 bits per heavy atom. The first kappa shape index (κ1) is 30.0. The van der Waals surface area contributed by atoms with Gasteiger partial charge in [-0.1, -0.05) is 159 Å². The normalized spacial score (nSPS) is 14.5. The molecule has 250 valence electrons. The number of nitrogens with zero attached hydrogens (tertiary/aromatic N) is 3. The van der Waals surface area contributed by atoms with E-state index in [0.717, 1.165) is 38.6 Å². The van der Waals surface area contributed by atoms with Crippen LogP contribution < -0.4 is 0 Å². The van der Waals surface area contributed by atoms with Crippen LogP contribution in [0.4, 0.5) is 0 Å². The van der Waals surface area contributed by atoms with Gasteiger partial charge in [-0.15, -0.1) is 0 Å². The average Bonchev–Trinajstić information content (AvgIpc) is 3.74. The fraction of sp³-hybridized carbons (Fsp3) is 0.0816. The van der Waals surface area contributed by atoms with E-state index in [1.807, 2.05) is 36.4 Å². The molecule has 2 aromatic heterocycles.